The Morgan fingerprint density at radius 2 is 1.90 bits per heavy atom. The largest absolute Gasteiger partial charge is 0.495 e. The molecule has 0 aliphatic heterocycles. The number of benzene rings is 2. The summed E-state index contributed by atoms with van der Waals surface area (Å²) in [6.07, 6.45) is 1.04. The molecular formula is C20H25ClN2O5S. The number of nitrogens with zero attached hydrogens (tertiary/aromatic N) is 1. The summed E-state index contributed by atoms with van der Waals surface area (Å²) in [5, 5.41) is 3.02. The number of sulfonamides is 1. The van der Waals surface area contributed by atoms with Gasteiger partial charge in [0.05, 0.1) is 30.7 Å². The van der Waals surface area contributed by atoms with E-state index in [-0.39, 0.29) is 17.3 Å². The molecule has 0 fully saturated rings. The van der Waals surface area contributed by atoms with Crippen molar-refractivity contribution in [2.24, 2.45) is 0 Å². The molecule has 1 amide bonds. The van der Waals surface area contributed by atoms with E-state index in [0.29, 0.717) is 18.1 Å². The molecule has 29 heavy (non-hydrogen) atoms. The summed E-state index contributed by atoms with van der Waals surface area (Å²) in [5.74, 6) is 0.632. The first kappa shape index (κ1) is 22.8. The lowest BCUT2D eigenvalue weighted by Crippen LogP contribution is -2.47. The summed E-state index contributed by atoms with van der Waals surface area (Å²) < 4.78 is 36.5. The Hall–Kier alpha value is -2.45. The number of rotatable bonds is 9. The Morgan fingerprint density at radius 3 is 2.48 bits per heavy atom. The normalized spacial score (nSPS) is 12.2. The minimum absolute atomic E-state index is 0.209. The minimum Gasteiger partial charge on any atom is -0.495 e. The number of para-hydroxylation sites is 1. The summed E-state index contributed by atoms with van der Waals surface area (Å²) in [5.41, 5.74) is 1.07. The monoisotopic (exact) mass is 440 g/mol. The maximum absolute atomic E-state index is 12.7. The van der Waals surface area contributed by atoms with Gasteiger partial charge < -0.3 is 14.8 Å². The van der Waals surface area contributed by atoms with Crippen molar-refractivity contribution >= 4 is 33.2 Å². The van der Waals surface area contributed by atoms with Crippen LogP contribution in [0.15, 0.2) is 42.5 Å². The van der Waals surface area contributed by atoms with Gasteiger partial charge in [-0.25, -0.2) is 8.42 Å². The predicted octanol–water partition coefficient (Wildman–Crippen LogP) is 3.22. The van der Waals surface area contributed by atoms with E-state index in [4.69, 9.17) is 21.1 Å². The fraction of sp³-hybridized carbons (Fsp3) is 0.350. The summed E-state index contributed by atoms with van der Waals surface area (Å²) in [7, 11) is -2.29. The Bertz CT molecular complexity index is 965. The molecule has 0 aliphatic carbocycles. The molecule has 0 heterocycles. The van der Waals surface area contributed by atoms with Crippen molar-refractivity contribution in [3.8, 4) is 11.5 Å². The number of methoxy groups -OCH3 is 1. The van der Waals surface area contributed by atoms with Gasteiger partial charge in [-0.1, -0.05) is 29.8 Å². The zero-order valence-electron chi connectivity index (χ0n) is 16.8. The zero-order valence-corrected chi connectivity index (χ0v) is 18.4. The van der Waals surface area contributed by atoms with Crippen molar-refractivity contribution in [3.63, 3.8) is 0 Å². The molecule has 0 spiro atoms. The standard InChI is InChI=1S/C20H25ClN2O5S/c1-5-28-18-9-7-6-8-15(18)13-22-20(24)14(2)23(29(4,25)26)16-10-11-19(27-3)17(21)12-16/h6-12,14H,5,13H2,1-4H3,(H,22,24)/t14-/m1/s1. The number of amides is 1. The fourth-order valence-corrected chi connectivity index (χ4v) is 4.30. The van der Waals surface area contributed by atoms with Gasteiger partial charge in [0, 0.05) is 12.1 Å². The third kappa shape index (κ3) is 5.77. The summed E-state index contributed by atoms with van der Waals surface area (Å²) >= 11 is 6.14. The van der Waals surface area contributed by atoms with Crippen LogP contribution in [-0.4, -0.2) is 40.3 Å². The smallest absolute Gasteiger partial charge is 0.243 e. The highest BCUT2D eigenvalue weighted by Gasteiger charge is 2.29. The van der Waals surface area contributed by atoms with Gasteiger partial charge in [-0.2, -0.15) is 0 Å². The van der Waals surface area contributed by atoms with Crippen molar-refractivity contribution < 1.29 is 22.7 Å². The van der Waals surface area contributed by atoms with Crippen LogP contribution in [0.3, 0.4) is 0 Å². The highest BCUT2D eigenvalue weighted by atomic mass is 35.5. The first-order chi connectivity index (χ1) is 13.7. The first-order valence-electron chi connectivity index (χ1n) is 9.00. The molecule has 2 rings (SSSR count). The summed E-state index contributed by atoms with van der Waals surface area (Å²) in [4.78, 5) is 12.7. The Balaban J connectivity index is 2.23. The van der Waals surface area contributed by atoms with Gasteiger partial charge in [0.2, 0.25) is 15.9 Å². The highest BCUT2D eigenvalue weighted by Crippen LogP contribution is 2.31. The maximum atomic E-state index is 12.7. The SMILES string of the molecule is CCOc1ccccc1CNC(=O)[C@@H](C)N(c1ccc(OC)c(Cl)c1)S(C)(=O)=O. The Kier molecular flexibility index (Phi) is 7.75. The zero-order chi connectivity index (χ0) is 21.6. The average molecular weight is 441 g/mol. The van der Waals surface area contributed by atoms with Gasteiger partial charge in [0.15, 0.2) is 0 Å². The molecule has 0 saturated heterocycles. The van der Waals surface area contributed by atoms with Gasteiger partial charge in [-0.05, 0) is 38.1 Å². The number of halogens is 1. The topological polar surface area (TPSA) is 84.9 Å². The maximum Gasteiger partial charge on any atom is 0.243 e. The van der Waals surface area contributed by atoms with Crippen molar-refractivity contribution in [3.05, 3.63) is 53.1 Å². The van der Waals surface area contributed by atoms with Crippen LogP contribution < -0.4 is 19.1 Å². The molecule has 0 radical (unpaired) electrons. The van der Waals surface area contributed by atoms with E-state index in [0.717, 1.165) is 16.1 Å². The number of carbonyl (C=O) groups is 1. The van der Waals surface area contributed by atoms with Crippen molar-refractivity contribution in [2.45, 2.75) is 26.4 Å². The molecule has 0 aromatic heterocycles. The van der Waals surface area contributed by atoms with E-state index >= 15 is 0 Å². The number of hydrogen-bond acceptors (Lipinski definition) is 5. The molecule has 0 bridgehead atoms. The van der Waals surface area contributed by atoms with Crippen molar-refractivity contribution in [1.82, 2.24) is 5.32 Å². The molecule has 0 saturated carbocycles. The molecule has 9 heteroatoms. The van der Waals surface area contributed by atoms with Gasteiger partial charge in [0.25, 0.3) is 0 Å². The number of nitrogens with one attached hydrogen (secondary N) is 1. The van der Waals surface area contributed by atoms with Gasteiger partial charge in [0.1, 0.15) is 17.5 Å². The van der Waals surface area contributed by atoms with Crippen LogP contribution in [0.4, 0.5) is 5.69 Å². The van der Waals surface area contributed by atoms with Crippen LogP contribution in [0.2, 0.25) is 5.02 Å². The molecule has 1 atom stereocenters. The first-order valence-corrected chi connectivity index (χ1v) is 11.2. The van der Waals surface area contributed by atoms with E-state index in [2.05, 4.69) is 5.32 Å². The average Bonchev–Trinajstić information content (AvgIpc) is 2.66. The molecule has 0 aliphatic rings. The van der Waals surface area contributed by atoms with Crippen molar-refractivity contribution in [1.29, 1.82) is 0 Å². The van der Waals surface area contributed by atoms with Crippen LogP contribution in [0.5, 0.6) is 11.5 Å². The summed E-state index contributed by atoms with van der Waals surface area (Å²) in [6.45, 7) is 4.10. The lowest BCUT2D eigenvalue weighted by molar-refractivity contribution is -0.122. The van der Waals surface area contributed by atoms with E-state index in [1.165, 1.54) is 20.1 Å². The quantitative estimate of drug-likeness (QED) is 0.647. The second-order valence-electron chi connectivity index (χ2n) is 6.31. The van der Waals surface area contributed by atoms with E-state index < -0.39 is 22.0 Å². The number of anilines is 1. The summed E-state index contributed by atoms with van der Waals surface area (Å²) in [6, 6.07) is 10.9. The van der Waals surface area contributed by atoms with Crippen LogP contribution in [0.25, 0.3) is 0 Å². The predicted molar refractivity (Wildman–Crippen MR) is 114 cm³/mol. The van der Waals surface area contributed by atoms with Crippen LogP contribution in [-0.2, 0) is 21.4 Å². The van der Waals surface area contributed by atoms with Gasteiger partial charge in [-0.15, -0.1) is 0 Å². The van der Waals surface area contributed by atoms with E-state index in [1.54, 1.807) is 12.1 Å². The lowest BCUT2D eigenvalue weighted by Gasteiger charge is -2.28. The number of hydrogen-bond donors (Lipinski definition) is 1. The van der Waals surface area contributed by atoms with Gasteiger partial charge in [-0.3, -0.25) is 9.10 Å². The second-order valence-corrected chi connectivity index (χ2v) is 8.58. The second kappa shape index (κ2) is 9.84. The van der Waals surface area contributed by atoms with Crippen LogP contribution in [0.1, 0.15) is 19.4 Å². The molecular weight excluding hydrogens is 416 g/mol. The van der Waals surface area contributed by atoms with Crippen molar-refractivity contribution in [2.75, 3.05) is 24.3 Å². The molecule has 7 nitrogen and oxygen atoms in total. The third-order valence-electron chi connectivity index (χ3n) is 4.20. The van der Waals surface area contributed by atoms with Gasteiger partial charge >= 0.3 is 0 Å². The Morgan fingerprint density at radius 1 is 1.21 bits per heavy atom. The number of carbonyl (C=O) groups excluding carboxylic acids is 1. The van der Waals surface area contributed by atoms with Crippen LogP contribution in [0, 0.1) is 0 Å². The fourth-order valence-electron chi connectivity index (χ4n) is 2.88. The molecule has 1 N–H and O–H groups in total. The molecule has 2 aromatic rings. The minimum atomic E-state index is -3.75. The Labute approximate surface area is 176 Å². The molecule has 0 unspecified atom stereocenters. The van der Waals surface area contributed by atoms with E-state index in [1.807, 2.05) is 31.2 Å². The van der Waals surface area contributed by atoms with E-state index in [9.17, 15) is 13.2 Å². The lowest BCUT2D eigenvalue weighted by atomic mass is 10.2. The third-order valence-corrected chi connectivity index (χ3v) is 5.74. The molecule has 2 aromatic carbocycles. The highest BCUT2D eigenvalue weighted by molar-refractivity contribution is 7.92. The number of ether oxygens (including phenoxy) is 2. The molecule has 158 valence electrons. The van der Waals surface area contributed by atoms with Crippen LogP contribution >= 0.6 is 11.6 Å².